The number of benzene rings is 2. The van der Waals surface area contributed by atoms with Crippen LogP contribution < -0.4 is 10.1 Å². The van der Waals surface area contributed by atoms with Gasteiger partial charge in [0.2, 0.25) is 0 Å². The lowest BCUT2D eigenvalue weighted by Crippen LogP contribution is -2.32. The zero-order valence-corrected chi connectivity index (χ0v) is 17.0. The van der Waals surface area contributed by atoms with Crippen molar-refractivity contribution in [1.82, 2.24) is 15.2 Å². The van der Waals surface area contributed by atoms with Crippen LogP contribution in [0, 0.1) is 6.92 Å². The summed E-state index contributed by atoms with van der Waals surface area (Å²) in [7, 11) is 0. The summed E-state index contributed by atoms with van der Waals surface area (Å²) in [5.41, 5.74) is 4.87. The predicted octanol–water partition coefficient (Wildman–Crippen LogP) is 3.81. The Balaban J connectivity index is 1.28. The van der Waals surface area contributed by atoms with Gasteiger partial charge < -0.3 is 19.9 Å². The largest absolute Gasteiger partial charge is 0.483 e. The van der Waals surface area contributed by atoms with Crippen molar-refractivity contribution in [2.45, 2.75) is 32.7 Å². The van der Waals surface area contributed by atoms with Gasteiger partial charge in [0.1, 0.15) is 5.75 Å². The number of aryl methyl sites for hydroxylation is 1. The van der Waals surface area contributed by atoms with Gasteiger partial charge in [-0.25, -0.2) is 0 Å². The Labute approximate surface area is 172 Å². The Morgan fingerprint density at radius 2 is 1.97 bits per heavy atom. The highest BCUT2D eigenvalue weighted by molar-refractivity contribution is 5.83. The molecule has 1 fully saturated rings. The third-order valence-electron chi connectivity index (χ3n) is 5.59. The smallest absolute Gasteiger partial charge is 0.260 e. The third kappa shape index (κ3) is 4.80. The average molecular weight is 392 g/mol. The molecule has 0 aliphatic carbocycles. The number of hydrogen-bond donors (Lipinski definition) is 2. The van der Waals surface area contributed by atoms with Crippen LogP contribution in [0.3, 0.4) is 0 Å². The van der Waals surface area contributed by atoms with Crippen LogP contribution in [0.25, 0.3) is 10.9 Å². The minimum Gasteiger partial charge on any atom is -0.483 e. The summed E-state index contributed by atoms with van der Waals surface area (Å²) in [5.74, 6) is 0.870. The Kier molecular flexibility index (Phi) is 6.15. The molecular weight excluding hydrogens is 362 g/mol. The number of nitrogens with zero attached hydrogens (tertiary/aromatic N) is 1. The molecule has 0 atom stereocenters. The lowest BCUT2D eigenvalue weighted by molar-refractivity contribution is -0.132. The number of carbonyl (C=O) groups is 1. The molecule has 2 aromatic carbocycles. The molecule has 0 saturated carbocycles. The summed E-state index contributed by atoms with van der Waals surface area (Å²) < 4.78 is 5.85. The predicted molar refractivity (Wildman–Crippen MR) is 116 cm³/mol. The maximum atomic E-state index is 12.2. The van der Waals surface area contributed by atoms with Crippen LogP contribution in [0.2, 0.25) is 0 Å². The van der Waals surface area contributed by atoms with Gasteiger partial charge in [-0.1, -0.05) is 30.3 Å². The van der Waals surface area contributed by atoms with Crippen molar-refractivity contribution in [3.05, 3.63) is 65.4 Å². The van der Waals surface area contributed by atoms with Gasteiger partial charge in [-0.15, -0.1) is 0 Å². The van der Waals surface area contributed by atoms with E-state index in [1.807, 2.05) is 23.1 Å². The van der Waals surface area contributed by atoms with Crippen molar-refractivity contribution in [2.75, 3.05) is 26.2 Å². The highest BCUT2D eigenvalue weighted by Gasteiger charge is 2.18. The molecule has 0 spiro atoms. The molecule has 4 rings (SSSR count). The number of likely N-dealkylation sites (tertiary alicyclic amines) is 1. The van der Waals surface area contributed by atoms with Gasteiger partial charge in [0.25, 0.3) is 5.91 Å². The van der Waals surface area contributed by atoms with Crippen molar-refractivity contribution in [1.29, 1.82) is 0 Å². The van der Waals surface area contributed by atoms with E-state index in [1.165, 1.54) is 22.0 Å². The minimum absolute atomic E-state index is 0.0832. The van der Waals surface area contributed by atoms with Gasteiger partial charge in [0.05, 0.1) is 0 Å². The number of hydrogen-bond acceptors (Lipinski definition) is 3. The first kappa shape index (κ1) is 19.5. The monoisotopic (exact) mass is 391 g/mol. The SMILES string of the molecule is Cc1ccc2c(CCNCc3ccccc3OCC(=O)N3CCCC3)c[nH]c2c1. The highest BCUT2D eigenvalue weighted by atomic mass is 16.5. The van der Waals surface area contributed by atoms with Crippen LogP contribution in [0.15, 0.2) is 48.7 Å². The second kappa shape index (κ2) is 9.14. The van der Waals surface area contributed by atoms with Gasteiger partial charge in [-0.3, -0.25) is 4.79 Å². The van der Waals surface area contributed by atoms with Crippen molar-refractivity contribution < 1.29 is 9.53 Å². The first-order valence-electron chi connectivity index (χ1n) is 10.5. The first-order valence-corrected chi connectivity index (χ1v) is 10.5. The zero-order valence-electron chi connectivity index (χ0n) is 17.0. The summed E-state index contributed by atoms with van der Waals surface area (Å²) >= 11 is 0. The molecule has 1 aliphatic rings. The second-order valence-electron chi connectivity index (χ2n) is 7.77. The summed E-state index contributed by atoms with van der Waals surface area (Å²) in [6.07, 6.45) is 5.26. The zero-order chi connectivity index (χ0) is 20.1. The van der Waals surface area contributed by atoms with E-state index < -0.39 is 0 Å². The highest BCUT2D eigenvalue weighted by Crippen LogP contribution is 2.21. The fraction of sp³-hybridized carbons (Fsp3) is 0.375. The molecule has 1 amide bonds. The summed E-state index contributed by atoms with van der Waals surface area (Å²) in [4.78, 5) is 17.5. The fourth-order valence-electron chi connectivity index (χ4n) is 3.94. The van der Waals surface area contributed by atoms with Gasteiger partial charge in [0, 0.05) is 42.3 Å². The molecule has 152 valence electrons. The molecule has 0 bridgehead atoms. The fourth-order valence-corrected chi connectivity index (χ4v) is 3.94. The maximum Gasteiger partial charge on any atom is 0.260 e. The van der Waals surface area contributed by atoms with E-state index in [-0.39, 0.29) is 12.5 Å². The molecule has 2 N–H and O–H groups in total. The van der Waals surface area contributed by atoms with Gasteiger partial charge in [0.15, 0.2) is 6.61 Å². The van der Waals surface area contributed by atoms with Crippen molar-refractivity contribution in [2.24, 2.45) is 0 Å². The minimum atomic E-state index is 0.0832. The van der Waals surface area contributed by atoms with Crippen molar-refractivity contribution >= 4 is 16.8 Å². The van der Waals surface area contributed by atoms with Crippen LogP contribution in [0.1, 0.15) is 29.5 Å². The second-order valence-corrected chi connectivity index (χ2v) is 7.77. The molecule has 5 heteroatoms. The quantitative estimate of drug-likeness (QED) is 0.574. The van der Waals surface area contributed by atoms with Crippen LogP contribution in [-0.2, 0) is 17.8 Å². The molecular formula is C24H29N3O2. The molecule has 2 heterocycles. The van der Waals surface area contributed by atoms with E-state index in [0.29, 0.717) is 0 Å². The molecule has 0 unspecified atom stereocenters. The summed E-state index contributed by atoms with van der Waals surface area (Å²) in [6, 6.07) is 14.5. The maximum absolute atomic E-state index is 12.2. The Morgan fingerprint density at radius 3 is 2.83 bits per heavy atom. The van der Waals surface area contributed by atoms with Crippen molar-refractivity contribution in [3.8, 4) is 5.75 Å². The number of amides is 1. The lowest BCUT2D eigenvalue weighted by atomic mass is 10.1. The Morgan fingerprint density at radius 1 is 1.14 bits per heavy atom. The van der Waals surface area contributed by atoms with E-state index >= 15 is 0 Å². The topological polar surface area (TPSA) is 57.4 Å². The number of H-pyrrole nitrogens is 1. The van der Waals surface area contributed by atoms with E-state index in [9.17, 15) is 4.79 Å². The molecule has 5 nitrogen and oxygen atoms in total. The Hall–Kier alpha value is -2.79. The normalized spacial score (nSPS) is 13.9. The van der Waals surface area contributed by atoms with E-state index in [4.69, 9.17) is 4.74 Å². The van der Waals surface area contributed by atoms with E-state index in [2.05, 4.69) is 47.7 Å². The molecule has 1 aliphatic heterocycles. The van der Waals surface area contributed by atoms with Gasteiger partial charge >= 0.3 is 0 Å². The molecule has 1 aromatic heterocycles. The molecule has 1 saturated heterocycles. The van der Waals surface area contributed by atoms with Gasteiger partial charge in [-0.2, -0.15) is 0 Å². The summed E-state index contributed by atoms with van der Waals surface area (Å²) in [6.45, 7) is 5.54. The average Bonchev–Trinajstić information content (AvgIpc) is 3.40. The number of rotatable bonds is 8. The molecule has 0 radical (unpaired) electrons. The van der Waals surface area contributed by atoms with Crippen LogP contribution in [0.5, 0.6) is 5.75 Å². The van der Waals surface area contributed by atoms with E-state index in [1.54, 1.807) is 0 Å². The standard InChI is InChI=1S/C24H29N3O2/c1-18-8-9-21-19(16-26-22(21)14-18)10-11-25-15-20-6-2-3-7-23(20)29-17-24(28)27-12-4-5-13-27/h2-3,6-9,14,16,25-26H,4-5,10-13,15,17H2,1H3. The molecule has 3 aromatic rings. The lowest BCUT2D eigenvalue weighted by Gasteiger charge is -2.17. The number of ether oxygens (including phenoxy) is 1. The number of carbonyl (C=O) groups excluding carboxylic acids is 1. The number of para-hydroxylation sites is 1. The van der Waals surface area contributed by atoms with Gasteiger partial charge in [-0.05, 0) is 56.0 Å². The number of nitrogens with one attached hydrogen (secondary N) is 2. The molecule has 29 heavy (non-hydrogen) atoms. The number of aromatic amines is 1. The van der Waals surface area contributed by atoms with Crippen molar-refractivity contribution in [3.63, 3.8) is 0 Å². The Bertz CT molecular complexity index is 973. The summed E-state index contributed by atoms with van der Waals surface area (Å²) in [5, 5.41) is 4.80. The third-order valence-corrected chi connectivity index (χ3v) is 5.59. The van der Waals surface area contributed by atoms with Crippen LogP contribution in [-0.4, -0.2) is 42.0 Å². The number of fused-ring (bicyclic) bond motifs is 1. The van der Waals surface area contributed by atoms with Crippen LogP contribution >= 0.6 is 0 Å². The first-order chi connectivity index (χ1) is 14.2. The number of aromatic nitrogens is 1. The van der Waals surface area contributed by atoms with Crippen LogP contribution in [0.4, 0.5) is 0 Å². The van der Waals surface area contributed by atoms with E-state index in [0.717, 1.165) is 56.8 Å².